The van der Waals surface area contributed by atoms with Gasteiger partial charge in [0.2, 0.25) is 0 Å². The van der Waals surface area contributed by atoms with Crippen LogP contribution in [0.3, 0.4) is 0 Å². The molecular weight excluding hydrogens is 238 g/mol. The summed E-state index contributed by atoms with van der Waals surface area (Å²) in [4.78, 5) is 5.84. The number of para-hydroxylation sites is 1. The molecule has 18 heavy (non-hydrogen) atoms. The molecule has 0 N–H and O–H groups in total. The van der Waals surface area contributed by atoms with Crippen LogP contribution in [-0.4, -0.2) is 12.0 Å². The number of thioether (sulfide) groups is 1. The lowest BCUT2D eigenvalue weighted by atomic mass is 10.2. The molecule has 92 valence electrons. The highest BCUT2D eigenvalue weighted by molar-refractivity contribution is 7.99. The quantitative estimate of drug-likeness (QED) is 0.544. The molecule has 0 unspecified atom stereocenters. The van der Waals surface area contributed by atoms with Crippen molar-refractivity contribution in [1.82, 2.24) is 0 Å². The smallest absolute Gasteiger partial charge is 0.0765 e. The van der Waals surface area contributed by atoms with Crippen LogP contribution in [0.2, 0.25) is 0 Å². The number of benzene rings is 2. The average molecular weight is 255 g/mol. The SMILES string of the molecule is CCCSc1ccccc1N=Cc1ccccc1. The Morgan fingerprint density at radius 2 is 1.72 bits per heavy atom. The summed E-state index contributed by atoms with van der Waals surface area (Å²) in [5.74, 6) is 1.14. The predicted octanol–water partition coefficient (Wildman–Crippen LogP) is 4.94. The molecule has 1 nitrogen and oxygen atoms in total. The van der Waals surface area contributed by atoms with E-state index in [1.165, 1.54) is 11.3 Å². The molecule has 0 aliphatic heterocycles. The van der Waals surface area contributed by atoms with E-state index in [1.54, 1.807) is 0 Å². The minimum absolute atomic E-state index is 1.06. The van der Waals surface area contributed by atoms with E-state index in [0.29, 0.717) is 0 Å². The van der Waals surface area contributed by atoms with Crippen molar-refractivity contribution in [2.45, 2.75) is 18.2 Å². The average Bonchev–Trinajstić information content (AvgIpc) is 2.45. The maximum absolute atomic E-state index is 4.58. The van der Waals surface area contributed by atoms with Gasteiger partial charge < -0.3 is 0 Å². The highest BCUT2D eigenvalue weighted by Crippen LogP contribution is 2.29. The molecule has 0 aliphatic rings. The molecule has 2 aromatic carbocycles. The predicted molar refractivity (Wildman–Crippen MR) is 81.2 cm³/mol. The maximum Gasteiger partial charge on any atom is 0.0765 e. The van der Waals surface area contributed by atoms with E-state index in [4.69, 9.17) is 0 Å². The number of aliphatic imine (C=N–C) groups is 1. The third-order valence-corrected chi connectivity index (χ3v) is 3.75. The van der Waals surface area contributed by atoms with Gasteiger partial charge in [0.05, 0.1) is 5.69 Å². The Morgan fingerprint density at radius 3 is 2.50 bits per heavy atom. The van der Waals surface area contributed by atoms with Gasteiger partial charge in [-0.05, 0) is 29.9 Å². The molecule has 0 atom stereocenters. The Hall–Kier alpha value is -1.54. The summed E-state index contributed by atoms with van der Waals surface area (Å²) in [6.07, 6.45) is 3.10. The molecule has 0 aliphatic carbocycles. The van der Waals surface area contributed by atoms with Crippen LogP contribution in [0.15, 0.2) is 64.5 Å². The van der Waals surface area contributed by atoms with E-state index < -0.39 is 0 Å². The van der Waals surface area contributed by atoms with Gasteiger partial charge in [0, 0.05) is 11.1 Å². The van der Waals surface area contributed by atoms with Crippen LogP contribution in [0.25, 0.3) is 0 Å². The van der Waals surface area contributed by atoms with Gasteiger partial charge in [0.1, 0.15) is 0 Å². The van der Waals surface area contributed by atoms with Gasteiger partial charge in [-0.3, -0.25) is 4.99 Å². The van der Waals surface area contributed by atoms with Crippen molar-refractivity contribution in [3.05, 3.63) is 60.2 Å². The standard InChI is InChI=1S/C16H17NS/c1-2-12-18-16-11-7-6-10-15(16)17-13-14-8-4-3-5-9-14/h3-11,13H,2,12H2,1H3. The van der Waals surface area contributed by atoms with Crippen molar-refractivity contribution in [1.29, 1.82) is 0 Å². The molecule has 2 aromatic rings. The molecule has 0 fully saturated rings. The summed E-state index contributed by atoms with van der Waals surface area (Å²) in [6, 6.07) is 18.5. The van der Waals surface area contributed by atoms with Crippen LogP contribution in [0.4, 0.5) is 5.69 Å². The first kappa shape index (κ1) is 12.9. The highest BCUT2D eigenvalue weighted by Gasteiger charge is 1.99. The molecule has 2 rings (SSSR count). The minimum Gasteiger partial charge on any atom is -0.255 e. The summed E-state index contributed by atoms with van der Waals surface area (Å²) in [6.45, 7) is 2.20. The highest BCUT2D eigenvalue weighted by atomic mass is 32.2. The second-order valence-corrected chi connectivity index (χ2v) is 5.12. The van der Waals surface area contributed by atoms with Crippen LogP contribution in [0, 0.1) is 0 Å². The second kappa shape index (κ2) is 7.02. The van der Waals surface area contributed by atoms with Gasteiger partial charge in [-0.1, -0.05) is 49.4 Å². The summed E-state index contributed by atoms with van der Waals surface area (Å²) >= 11 is 1.87. The van der Waals surface area contributed by atoms with E-state index >= 15 is 0 Å². The van der Waals surface area contributed by atoms with Crippen LogP contribution in [0.5, 0.6) is 0 Å². The summed E-state index contributed by atoms with van der Waals surface area (Å²) < 4.78 is 0. The molecule has 0 bridgehead atoms. The van der Waals surface area contributed by atoms with Crippen molar-refractivity contribution in [3.63, 3.8) is 0 Å². The lowest BCUT2D eigenvalue weighted by Crippen LogP contribution is -1.81. The van der Waals surface area contributed by atoms with Gasteiger partial charge in [-0.15, -0.1) is 11.8 Å². The lowest BCUT2D eigenvalue weighted by Gasteiger charge is -2.03. The van der Waals surface area contributed by atoms with E-state index in [9.17, 15) is 0 Å². The first-order valence-electron chi connectivity index (χ1n) is 6.21. The fraction of sp³-hybridized carbons (Fsp3) is 0.188. The topological polar surface area (TPSA) is 12.4 Å². The van der Waals surface area contributed by atoms with E-state index in [0.717, 1.165) is 17.0 Å². The fourth-order valence-corrected chi connectivity index (χ4v) is 2.45. The van der Waals surface area contributed by atoms with Gasteiger partial charge in [-0.25, -0.2) is 0 Å². The Balaban J connectivity index is 2.15. The van der Waals surface area contributed by atoms with Crippen LogP contribution >= 0.6 is 11.8 Å². The molecular formula is C16H17NS. The fourth-order valence-electron chi connectivity index (χ4n) is 1.58. The monoisotopic (exact) mass is 255 g/mol. The molecule has 0 aromatic heterocycles. The molecule has 0 radical (unpaired) electrons. The lowest BCUT2D eigenvalue weighted by molar-refractivity contribution is 1.10. The first-order valence-corrected chi connectivity index (χ1v) is 7.19. The van der Waals surface area contributed by atoms with Crippen LogP contribution < -0.4 is 0 Å². The summed E-state index contributed by atoms with van der Waals surface area (Å²) in [5, 5.41) is 0. The summed E-state index contributed by atoms with van der Waals surface area (Å²) in [7, 11) is 0. The van der Waals surface area contributed by atoms with Crippen molar-refractivity contribution in [3.8, 4) is 0 Å². The molecule has 0 saturated carbocycles. The first-order chi connectivity index (χ1) is 8.90. The third-order valence-electron chi connectivity index (χ3n) is 2.48. The summed E-state index contributed by atoms with van der Waals surface area (Å²) in [5.41, 5.74) is 2.19. The zero-order valence-electron chi connectivity index (χ0n) is 10.5. The van der Waals surface area contributed by atoms with E-state index in [1.807, 2.05) is 42.2 Å². The Kier molecular flexibility index (Phi) is 5.03. The van der Waals surface area contributed by atoms with E-state index in [-0.39, 0.29) is 0 Å². The normalized spacial score (nSPS) is 10.9. The second-order valence-electron chi connectivity index (χ2n) is 3.99. The molecule has 2 heteroatoms. The number of rotatable bonds is 5. The maximum atomic E-state index is 4.58. The molecule has 0 heterocycles. The largest absolute Gasteiger partial charge is 0.255 e. The number of hydrogen-bond acceptors (Lipinski definition) is 2. The molecule has 0 saturated heterocycles. The third kappa shape index (κ3) is 3.74. The van der Waals surface area contributed by atoms with Gasteiger partial charge in [-0.2, -0.15) is 0 Å². The van der Waals surface area contributed by atoms with Crippen LogP contribution in [0.1, 0.15) is 18.9 Å². The number of nitrogens with zero attached hydrogens (tertiary/aromatic N) is 1. The van der Waals surface area contributed by atoms with E-state index in [2.05, 4.69) is 42.2 Å². The van der Waals surface area contributed by atoms with Crippen molar-refractivity contribution >= 4 is 23.7 Å². The van der Waals surface area contributed by atoms with Crippen LogP contribution in [-0.2, 0) is 0 Å². The van der Waals surface area contributed by atoms with Gasteiger partial charge in [0.25, 0.3) is 0 Å². The Labute approximate surface area is 113 Å². The zero-order chi connectivity index (χ0) is 12.6. The molecule has 0 spiro atoms. The van der Waals surface area contributed by atoms with Crippen molar-refractivity contribution in [2.75, 3.05) is 5.75 Å². The minimum atomic E-state index is 1.06. The van der Waals surface area contributed by atoms with Crippen molar-refractivity contribution < 1.29 is 0 Å². The van der Waals surface area contributed by atoms with Crippen molar-refractivity contribution in [2.24, 2.45) is 4.99 Å². The Bertz CT molecular complexity index is 506. The number of hydrogen-bond donors (Lipinski definition) is 0. The van der Waals surface area contributed by atoms with Gasteiger partial charge in [0.15, 0.2) is 0 Å². The molecule has 0 amide bonds. The Morgan fingerprint density at radius 1 is 1.00 bits per heavy atom. The van der Waals surface area contributed by atoms with Gasteiger partial charge >= 0.3 is 0 Å². The zero-order valence-corrected chi connectivity index (χ0v) is 11.4.